The van der Waals surface area contributed by atoms with E-state index in [-0.39, 0.29) is 17.3 Å². The number of ketones is 1. The van der Waals surface area contributed by atoms with Crippen molar-refractivity contribution in [3.63, 3.8) is 0 Å². The van der Waals surface area contributed by atoms with Crippen molar-refractivity contribution in [3.05, 3.63) is 70.0 Å². The van der Waals surface area contributed by atoms with Crippen LogP contribution in [0.2, 0.25) is 5.02 Å². The molecule has 1 saturated heterocycles. The second kappa shape index (κ2) is 7.98. The number of carboxylic acids is 1. The highest BCUT2D eigenvalue weighted by Crippen LogP contribution is 2.24. The molecule has 26 heavy (non-hydrogen) atoms. The van der Waals surface area contributed by atoms with Crippen LogP contribution in [-0.4, -0.2) is 34.8 Å². The van der Waals surface area contributed by atoms with Crippen LogP contribution in [0.15, 0.2) is 42.5 Å². The number of hydrogen-bond acceptors (Lipinski definition) is 3. The fourth-order valence-electron chi connectivity index (χ4n) is 3.25. The molecule has 136 valence electrons. The van der Waals surface area contributed by atoms with E-state index in [1.54, 1.807) is 24.3 Å². The Morgan fingerprint density at radius 1 is 1.08 bits per heavy atom. The summed E-state index contributed by atoms with van der Waals surface area (Å²) in [7, 11) is 0. The lowest BCUT2D eigenvalue weighted by Gasteiger charge is -2.31. The number of Topliss-reactive ketones (excluding diaryl/α,β-unsaturated/α-hetero) is 1. The van der Waals surface area contributed by atoms with Crippen LogP contribution in [0.3, 0.4) is 0 Å². The van der Waals surface area contributed by atoms with Crippen molar-refractivity contribution >= 4 is 23.4 Å². The number of nitrogens with zero attached hydrogens (tertiary/aromatic N) is 1. The Kier molecular flexibility index (Phi) is 5.69. The van der Waals surface area contributed by atoms with E-state index in [0.717, 1.165) is 18.9 Å². The zero-order chi connectivity index (χ0) is 18.7. The predicted molar refractivity (Wildman–Crippen MR) is 97.1 cm³/mol. The molecule has 6 heteroatoms. The molecular formula is C20H19ClFNO3. The summed E-state index contributed by atoms with van der Waals surface area (Å²) in [6, 6.07) is 10.9. The number of hydrogen-bond donors (Lipinski definition) is 1. The number of piperidine rings is 1. The average molecular weight is 376 g/mol. The van der Waals surface area contributed by atoms with E-state index in [1.165, 1.54) is 12.1 Å². The van der Waals surface area contributed by atoms with Gasteiger partial charge in [-0.3, -0.25) is 9.69 Å². The number of carboxylic acid groups (broad SMARTS) is 1. The zero-order valence-electron chi connectivity index (χ0n) is 14.1. The van der Waals surface area contributed by atoms with Crippen molar-refractivity contribution in [1.29, 1.82) is 0 Å². The van der Waals surface area contributed by atoms with Gasteiger partial charge >= 0.3 is 5.97 Å². The summed E-state index contributed by atoms with van der Waals surface area (Å²) in [4.78, 5) is 25.5. The van der Waals surface area contributed by atoms with Gasteiger partial charge in [-0.05, 0) is 62.3 Å². The minimum absolute atomic E-state index is 0.0355. The summed E-state index contributed by atoms with van der Waals surface area (Å²) in [6.45, 7) is 1.81. The van der Waals surface area contributed by atoms with Gasteiger partial charge in [0.2, 0.25) is 0 Å². The quantitative estimate of drug-likeness (QED) is 0.793. The van der Waals surface area contributed by atoms with Crippen LogP contribution in [-0.2, 0) is 6.54 Å². The van der Waals surface area contributed by atoms with Crippen LogP contribution in [0.25, 0.3) is 0 Å². The number of rotatable bonds is 5. The minimum Gasteiger partial charge on any atom is -0.478 e. The molecule has 4 nitrogen and oxygen atoms in total. The second-order valence-corrected chi connectivity index (χ2v) is 6.97. The lowest BCUT2D eigenvalue weighted by Crippen LogP contribution is -2.36. The molecule has 0 amide bonds. The van der Waals surface area contributed by atoms with Crippen molar-refractivity contribution in [3.8, 4) is 0 Å². The standard InChI is InChI=1S/C20H19ClFNO3/c21-17-5-3-13(4-6-17)19(24)14-7-9-23(10-8-14)12-16-2-1-15(20(25)26)11-18(16)22/h1-6,11,14H,7-10,12H2,(H,25,26). The fourth-order valence-corrected chi connectivity index (χ4v) is 3.38. The van der Waals surface area contributed by atoms with Gasteiger partial charge in [0.25, 0.3) is 0 Å². The molecule has 1 aliphatic heterocycles. The summed E-state index contributed by atoms with van der Waals surface area (Å²) in [6.07, 6.45) is 1.44. The molecule has 0 unspecified atom stereocenters. The summed E-state index contributed by atoms with van der Waals surface area (Å²) >= 11 is 5.86. The SMILES string of the molecule is O=C(O)c1ccc(CN2CCC(C(=O)c3ccc(Cl)cc3)CC2)c(F)c1. The second-order valence-electron chi connectivity index (χ2n) is 6.53. The zero-order valence-corrected chi connectivity index (χ0v) is 14.9. The molecule has 0 radical (unpaired) electrons. The van der Waals surface area contributed by atoms with E-state index in [4.69, 9.17) is 16.7 Å². The highest BCUT2D eigenvalue weighted by atomic mass is 35.5. The van der Waals surface area contributed by atoms with Gasteiger partial charge in [-0.1, -0.05) is 17.7 Å². The van der Waals surface area contributed by atoms with Gasteiger partial charge in [0.1, 0.15) is 5.82 Å². The normalized spacial score (nSPS) is 15.8. The van der Waals surface area contributed by atoms with Crippen LogP contribution in [0.5, 0.6) is 0 Å². The Morgan fingerprint density at radius 2 is 1.69 bits per heavy atom. The van der Waals surface area contributed by atoms with Crippen LogP contribution in [0, 0.1) is 11.7 Å². The minimum atomic E-state index is -1.14. The van der Waals surface area contributed by atoms with E-state index >= 15 is 0 Å². The molecule has 3 rings (SSSR count). The van der Waals surface area contributed by atoms with Crippen molar-refractivity contribution in [1.82, 2.24) is 4.90 Å². The first-order chi connectivity index (χ1) is 12.4. The third-order valence-electron chi connectivity index (χ3n) is 4.78. The van der Waals surface area contributed by atoms with Gasteiger partial charge in [-0.25, -0.2) is 9.18 Å². The highest BCUT2D eigenvalue weighted by molar-refractivity contribution is 6.30. The molecule has 0 aromatic heterocycles. The highest BCUT2D eigenvalue weighted by Gasteiger charge is 2.26. The third kappa shape index (κ3) is 4.29. The maximum Gasteiger partial charge on any atom is 0.335 e. The number of carbonyl (C=O) groups is 2. The smallest absolute Gasteiger partial charge is 0.335 e. The third-order valence-corrected chi connectivity index (χ3v) is 5.03. The Balaban J connectivity index is 1.58. The summed E-state index contributed by atoms with van der Waals surface area (Å²) in [5.41, 5.74) is 1.08. The topological polar surface area (TPSA) is 57.6 Å². The Bertz CT molecular complexity index is 814. The van der Waals surface area contributed by atoms with Crippen LogP contribution >= 0.6 is 11.6 Å². The largest absolute Gasteiger partial charge is 0.478 e. The summed E-state index contributed by atoms with van der Waals surface area (Å²) in [5, 5.41) is 9.50. The predicted octanol–water partition coefficient (Wildman–Crippen LogP) is 4.27. The first-order valence-electron chi connectivity index (χ1n) is 8.48. The number of aromatic carboxylic acids is 1. The van der Waals surface area contributed by atoms with Crippen LogP contribution < -0.4 is 0 Å². The molecule has 1 N–H and O–H groups in total. The molecular weight excluding hydrogens is 357 g/mol. The molecule has 1 heterocycles. The Hall–Kier alpha value is -2.24. The monoisotopic (exact) mass is 375 g/mol. The molecule has 1 fully saturated rings. The lowest BCUT2D eigenvalue weighted by atomic mass is 9.89. The van der Waals surface area contributed by atoms with Gasteiger partial charge in [0.15, 0.2) is 5.78 Å². The first kappa shape index (κ1) is 18.5. The number of likely N-dealkylation sites (tertiary alicyclic amines) is 1. The van der Waals surface area contributed by atoms with Crippen LogP contribution in [0.4, 0.5) is 4.39 Å². The van der Waals surface area contributed by atoms with Gasteiger partial charge in [0.05, 0.1) is 5.56 Å². The van der Waals surface area contributed by atoms with Crippen molar-refractivity contribution < 1.29 is 19.1 Å². The van der Waals surface area contributed by atoms with Crippen molar-refractivity contribution in [2.24, 2.45) is 5.92 Å². The number of halogens is 2. The maximum atomic E-state index is 14.1. The molecule has 0 saturated carbocycles. The molecule has 0 atom stereocenters. The van der Waals surface area contributed by atoms with Gasteiger partial charge < -0.3 is 5.11 Å². The Morgan fingerprint density at radius 3 is 2.27 bits per heavy atom. The van der Waals surface area contributed by atoms with Gasteiger partial charge in [-0.15, -0.1) is 0 Å². The van der Waals surface area contributed by atoms with E-state index in [1.807, 2.05) is 0 Å². The Labute approximate surface area is 156 Å². The fraction of sp³-hybridized carbons (Fsp3) is 0.300. The van der Waals surface area contributed by atoms with E-state index in [9.17, 15) is 14.0 Å². The van der Waals surface area contributed by atoms with Crippen LogP contribution in [0.1, 0.15) is 39.1 Å². The summed E-state index contributed by atoms with van der Waals surface area (Å²) in [5.74, 6) is -1.56. The molecule has 0 aliphatic carbocycles. The average Bonchev–Trinajstić information content (AvgIpc) is 2.64. The van der Waals surface area contributed by atoms with Gasteiger partial charge in [0, 0.05) is 28.6 Å². The van der Waals surface area contributed by atoms with Crippen molar-refractivity contribution in [2.45, 2.75) is 19.4 Å². The van der Waals surface area contributed by atoms with E-state index in [2.05, 4.69) is 4.90 Å². The molecule has 0 spiro atoms. The van der Waals surface area contributed by atoms with E-state index < -0.39 is 11.8 Å². The number of benzene rings is 2. The lowest BCUT2D eigenvalue weighted by molar-refractivity contribution is 0.0696. The molecule has 2 aromatic carbocycles. The molecule has 1 aliphatic rings. The van der Waals surface area contributed by atoms with Gasteiger partial charge in [-0.2, -0.15) is 0 Å². The van der Waals surface area contributed by atoms with Crippen molar-refractivity contribution in [2.75, 3.05) is 13.1 Å². The number of carbonyl (C=O) groups excluding carboxylic acids is 1. The molecule has 0 bridgehead atoms. The van der Waals surface area contributed by atoms with E-state index in [0.29, 0.717) is 35.8 Å². The maximum absolute atomic E-state index is 14.1. The molecule has 2 aromatic rings. The first-order valence-corrected chi connectivity index (χ1v) is 8.85. The summed E-state index contributed by atoms with van der Waals surface area (Å²) < 4.78 is 14.1.